The Hall–Kier alpha value is -1.94. The molecule has 4 heteroatoms. The minimum Gasteiger partial charge on any atom is -0.354 e. The predicted molar refractivity (Wildman–Crippen MR) is 97.4 cm³/mol. The van der Waals surface area contributed by atoms with Crippen LogP contribution in [0.15, 0.2) is 36.4 Å². The quantitative estimate of drug-likeness (QED) is 0.830. The lowest BCUT2D eigenvalue weighted by atomic mass is 9.95. The van der Waals surface area contributed by atoms with E-state index in [9.17, 15) is 0 Å². The summed E-state index contributed by atoms with van der Waals surface area (Å²) in [5.41, 5.74) is 4.06. The highest BCUT2D eigenvalue weighted by Gasteiger charge is 2.28. The Labute approximate surface area is 144 Å². The van der Waals surface area contributed by atoms with Crippen molar-refractivity contribution in [1.82, 2.24) is 15.5 Å². The zero-order chi connectivity index (χ0) is 16.2. The minimum atomic E-state index is 0.735. The summed E-state index contributed by atoms with van der Waals surface area (Å²) in [6, 6.07) is 13.0. The maximum Gasteiger partial charge on any atom is 0.151 e. The monoisotopic (exact) mass is 322 g/mol. The van der Waals surface area contributed by atoms with Gasteiger partial charge in [-0.15, -0.1) is 5.10 Å². The number of aryl methyl sites for hydroxylation is 2. The van der Waals surface area contributed by atoms with E-state index in [1.54, 1.807) is 0 Å². The lowest BCUT2D eigenvalue weighted by molar-refractivity contribution is 0.383. The number of hydrogen-bond acceptors (Lipinski definition) is 4. The Morgan fingerprint density at radius 2 is 1.88 bits per heavy atom. The van der Waals surface area contributed by atoms with Gasteiger partial charge in [-0.1, -0.05) is 30.3 Å². The molecule has 0 amide bonds. The second kappa shape index (κ2) is 7.31. The highest BCUT2D eigenvalue weighted by atomic mass is 15.3. The zero-order valence-electron chi connectivity index (χ0n) is 14.2. The molecule has 0 spiro atoms. The molecule has 2 heterocycles. The Kier molecular flexibility index (Phi) is 4.74. The van der Waals surface area contributed by atoms with Gasteiger partial charge in [-0.2, -0.15) is 5.10 Å². The van der Waals surface area contributed by atoms with Gasteiger partial charge in [-0.3, -0.25) is 0 Å². The van der Waals surface area contributed by atoms with Crippen LogP contribution in [0.1, 0.15) is 29.7 Å². The highest BCUT2D eigenvalue weighted by molar-refractivity contribution is 5.44. The van der Waals surface area contributed by atoms with E-state index >= 15 is 0 Å². The average molecular weight is 322 g/mol. The third-order valence-corrected chi connectivity index (χ3v) is 5.20. The number of nitrogens with one attached hydrogen (secondary N) is 1. The van der Waals surface area contributed by atoms with E-state index in [1.165, 1.54) is 36.1 Å². The van der Waals surface area contributed by atoms with Crippen molar-refractivity contribution in [2.75, 3.05) is 31.1 Å². The van der Waals surface area contributed by atoms with Crippen LogP contribution in [0.5, 0.6) is 0 Å². The van der Waals surface area contributed by atoms with E-state index in [1.807, 2.05) is 0 Å². The molecule has 24 heavy (non-hydrogen) atoms. The van der Waals surface area contributed by atoms with Gasteiger partial charge >= 0.3 is 0 Å². The SMILES string of the molecule is c1ccc(CCNCC2CN(c3cc4c(nn3)CCCC4)C2)cc1. The third-order valence-electron chi connectivity index (χ3n) is 5.20. The van der Waals surface area contributed by atoms with Crippen LogP contribution in [0.4, 0.5) is 5.82 Å². The molecule has 1 aromatic carbocycles. The van der Waals surface area contributed by atoms with Crippen molar-refractivity contribution in [3.8, 4) is 0 Å². The van der Waals surface area contributed by atoms with E-state index in [0.717, 1.165) is 50.8 Å². The van der Waals surface area contributed by atoms with Gasteiger partial charge in [-0.05, 0) is 55.8 Å². The van der Waals surface area contributed by atoms with Crippen LogP contribution in [0.25, 0.3) is 0 Å². The number of rotatable bonds is 6. The summed E-state index contributed by atoms with van der Waals surface area (Å²) in [7, 11) is 0. The number of nitrogens with zero attached hydrogens (tertiary/aromatic N) is 3. The van der Waals surface area contributed by atoms with Crippen molar-refractivity contribution in [3.63, 3.8) is 0 Å². The molecule has 1 aliphatic heterocycles. The summed E-state index contributed by atoms with van der Waals surface area (Å²) >= 11 is 0. The number of benzene rings is 1. The Morgan fingerprint density at radius 1 is 1.04 bits per heavy atom. The lowest BCUT2D eigenvalue weighted by Gasteiger charge is -2.40. The van der Waals surface area contributed by atoms with Crippen LogP contribution < -0.4 is 10.2 Å². The Balaban J connectivity index is 1.19. The number of hydrogen-bond donors (Lipinski definition) is 1. The van der Waals surface area contributed by atoms with Crippen LogP contribution >= 0.6 is 0 Å². The second-order valence-corrected chi connectivity index (χ2v) is 7.09. The molecule has 0 bridgehead atoms. The van der Waals surface area contributed by atoms with Gasteiger partial charge in [0.2, 0.25) is 0 Å². The predicted octanol–water partition coefficient (Wildman–Crippen LogP) is 2.62. The van der Waals surface area contributed by atoms with Gasteiger partial charge in [0.05, 0.1) is 5.69 Å². The molecule has 0 radical (unpaired) electrons. The molecule has 4 rings (SSSR count). The summed E-state index contributed by atoms with van der Waals surface area (Å²) in [4.78, 5) is 2.37. The molecule has 1 aliphatic carbocycles. The first kappa shape index (κ1) is 15.6. The molecule has 4 nitrogen and oxygen atoms in total. The van der Waals surface area contributed by atoms with Gasteiger partial charge in [0.15, 0.2) is 5.82 Å². The fourth-order valence-corrected chi connectivity index (χ4v) is 3.70. The van der Waals surface area contributed by atoms with E-state index < -0.39 is 0 Å². The van der Waals surface area contributed by atoms with Crippen LogP contribution in [0.2, 0.25) is 0 Å². The van der Waals surface area contributed by atoms with Gasteiger partial charge in [0, 0.05) is 25.6 Å². The van der Waals surface area contributed by atoms with Gasteiger partial charge in [0.1, 0.15) is 0 Å². The number of aromatic nitrogens is 2. The average Bonchev–Trinajstić information content (AvgIpc) is 2.60. The maximum absolute atomic E-state index is 4.45. The lowest BCUT2D eigenvalue weighted by Crippen LogP contribution is -2.51. The molecular weight excluding hydrogens is 296 g/mol. The fourth-order valence-electron chi connectivity index (χ4n) is 3.70. The van der Waals surface area contributed by atoms with Crippen molar-refractivity contribution in [2.45, 2.75) is 32.1 Å². The van der Waals surface area contributed by atoms with Crippen molar-refractivity contribution >= 4 is 5.82 Å². The summed E-state index contributed by atoms with van der Waals surface area (Å²) in [5.74, 6) is 1.81. The van der Waals surface area contributed by atoms with Crippen LogP contribution in [-0.4, -0.2) is 36.4 Å². The van der Waals surface area contributed by atoms with Crippen molar-refractivity contribution < 1.29 is 0 Å². The fraction of sp³-hybridized carbons (Fsp3) is 0.500. The molecule has 1 saturated heterocycles. The Bertz CT molecular complexity index is 665. The van der Waals surface area contributed by atoms with Gasteiger partial charge < -0.3 is 10.2 Å². The number of anilines is 1. The third kappa shape index (κ3) is 3.59. The number of fused-ring (bicyclic) bond motifs is 1. The maximum atomic E-state index is 4.45. The van der Waals surface area contributed by atoms with Crippen molar-refractivity contribution in [1.29, 1.82) is 0 Å². The summed E-state index contributed by atoms with van der Waals surface area (Å²) in [5, 5.41) is 12.5. The smallest absolute Gasteiger partial charge is 0.151 e. The van der Waals surface area contributed by atoms with E-state index in [4.69, 9.17) is 0 Å². The van der Waals surface area contributed by atoms with E-state index in [2.05, 4.69) is 56.8 Å². The Morgan fingerprint density at radius 3 is 2.75 bits per heavy atom. The molecule has 0 saturated carbocycles. The first-order chi connectivity index (χ1) is 11.9. The molecule has 0 unspecified atom stereocenters. The van der Waals surface area contributed by atoms with E-state index in [-0.39, 0.29) is 0 Å². The topological polar surface area (TPSA) is 41.0 Å². The molecule has 1 fully saturated rings. The molecule has 126 valence electrons. The molecule has 0 atom stereocenters. The van der Waals surface area contributed by atoms with Gasteiger partial charge in [-0.25, -0.2) is 0 Å². The van der Waals surface area contributed by atoms with Crippen molar-refractivity contribution in [3.05, 3.63) is 53.2 Å². The van der Waals surface area contributed by atoms with Crippen molar-refractivity contribution in [2.24, 2.45) is 5.92 Å². The van der Waals surface area contributed by atoms with Crippen LogP contribution in [0.3, 0.4) is 0 Å². The summed E-state index contributed by atoms with van der Waals surface area (Å²) in [6.07, 6.45) is 5.95. The van der Waals surface area contributed by atoms with Crippen LogP contribution in [0, 0.1) is 5.92 Å². The molecule has 2 aromatic rings. The second-order valence-electron chi connectivity index (χ2n) is 7.09. The molecule has 1 N–H and O–H groups in total. The molecule has 2 aliphatic rings. The molecule has 1 aromatic heterocycles. The highest BCUT2D eigenvalue weighted by Crippen LogP contribution is 2.26. The van der Waals surface area contributed by atoms with Crippen LogP contribution in [-0.2, 0) is 19.3 Å². The normalized spacial score (nSPS) is 17.4. The first-order valence-electron chi connectivity index (χ1n) is 9.23. The molecular formula is C20H26N4. The summed E-state index contributed by atoms with van der Waals surface area (Å²) in [6.45, 7) is 4.36. The largest absolute Gasteiger partial charge is 0.354 e. The first-order valence-corrected chi connectivity index (χ1v) is 9.23. The standard InChI is InChI=1S/C20H26N4/c1-2-6-16(7-3-1)10-11-21-13-17-14-24(15-17)20-12-18-8-4-5-9-19(18)22-23-20/h1-3,6-7,12,17,21H,4-5,8-11,13-15H2. The van der Waals surface area contributed by atoms with Gasteiger partial charge in [0.25, 0.3) is 0 Å². The minimum absolute atomic E-state index is 0.735. The zero-order valence-corrected chi connectivity index (χ0v) is 14.2. The summed E-state index contributed by atoms with van der Waals surface area (Å²) < 4.78 is 0. The van der Waals surface area contributed by atoms with E-state index in [0.29, 0.717) is 0 Å².